The molecule has 1 aromatic carbocycles. The Morgan fingerprint density at radius 2 is 1.76 bits per heavy atom. The van der Waals surface area contributed by atoms with Gasteiger partial charge in [-0.25, -0.2) is 0 Å². The Hall–Kier alpha value is -0.883. The Labute approximate surface area is 104 Å². The van der Waals surface area contributed by atoms with Gasteiger partial charge in [0.2, 0.25) is 0 Å². The van der Waals surface area contributed by atoms with E-state index in [9.17, 15) is 0 Å². The lowest BCUT2D eigenvalue weighted by molar-refractivity contribution is 0.101. The molecule has 17 heavy (non-hydrogen) atoms. The SMILES string of the molecule is CCCO[Si](CNc1ccccc1)(OC)OC. The van der Waals surface area contributed by atoms with Gasteiger partial charge in [0, 0.05) is 26.5 Å². The molecule has 1 rings (SSSR count). The van der Waals surface area contributed by atoms with Crippen molar-refractivity contribution in [1.82, 2.24) is 0 Å². The average molecular weight is 255 g/mol. The van der Waals surface area contributed by atoms with Gasteiger partial charge >= 0.3 is 8.80 Å². The third kappa shape index (κ3) is 4.47. The summed E-state index contributed by atoms with van der Waals surface area (Å²) in [4.78, 5) is 0. The van der Waals surface area contributed by atoms with Gasteiger partial charge in [0.15, 0.2) is 0 Å². The molecule has 0 heterocycles. The number of hydrogen-bond acceptors (Lipinski definition) is 4. The highest BCUT2D eigenvalue weighted by Gasteiger charge is 2.38. The zero-order valence-electron chi connectivity index (χ0n) is 10.7. The molecule has 1 aromatic rings. The van der Waals surface area contributed by atoms with Crippen LogP contribution in [0.4, 0.5) is 5.69 Å². The van der Waals surface area contributed by atoms with E-state index >= 15 is 0 Å². The number of para-hydroxylation sites is 1. The second kappa shape index (κ2) is 7.44. The van der Waals surface area contributed by atoms with Crippen LogP contribution in [-0.4, -0.2) is 35.8 Å². The number of rotatable bonds is 8. The van der Waals surface area contributed by atoms with E-state index in [1.54, 1.807) is 14.2 Å². The number of hydrogen-bond donors (Lipinski definition) is 1. The first-order chi connectivity index (χ1) is 8.26. The molecule has 0 radical (unpaired) electrons. The molecule has 0 spiro atoms. The molecule has 0 bridgehead atoms. The fourth-order valence-electron chi connectivity index (χ4n) is 1.42. The zero-order valence-corrected chi connectivity index (χ0v) is 11.7. The van der Waals surface area contributed by atoms with E-state index in [1.165, 1.54) is 0 Å². The maximum absolute atomic E-state index is 5.73. The molecule has 0 fully saturated rings. The van der Waals surface area contributed by atoms with Crippen LogP contribution in [-0.2, 0) is 13.3 Å². The maximum Gasteiger partial charge on any atom is 0.520 e. The highest BCUT2D eigenvalue weighted by atomic mass is 28.4. The summed E-state index contributed by atoms with van der Waals surface area (Å²) >= 11 is 0. The predicted octanol–water partition coefficient (Wildman–Crippen LogP) is 2.30. The van der Waals surface area contributed by atoms with E-state index in [-0.39, 0.29) is 0 Å². The molecule has 0 amide bonds. The molecule has 0 saturated carbocycles. The van der Waals surface area contributed by atoms with Crippen molar-refractivity contribution in [3.05, 3.63) is 30.3 Å². The minimum absolute atomic E-state index is 0.573. The molecule has 0 aliphatic heterocycles. The number of nitrogens with one attached hydrogen (secondary N) is 1. The highest BCUT2D eigenvalue weighted by molar-refractivity contribution is 6.61. The fourth-order valence-corrected chi connectivity index (χ4v) is 3.15. The summed E-state index contributed by atoms with van der Waals surface area (Å²) in [5.74, 6) is 0. The highest BCUT2D eigenvalue weighted by Crippen LogP contribution is 2.11. The Morgan fingerprint density at radius 3 is 2.29 bits per heavy atom. The predicted molar refractivity (Wildman–Crippen MR) is 70.9 cm³/mol. The summed E-state index contributed by atoms with van der Waals surface area (Å²) in [5, 5.41) is 3.28. The van der Waals surface area contributed by atoms with Crippen molar-refractivity contribution in [2.45, 2.75) is 13.3 Å². The Kier molecular flexibility index (Phi) is 6.21. The molecule has 5 heteroatoms. The third-order valence-electron chi connectivity index (χ3n) is 2.43. The molecule has 4 nitrogen and oxygen atoms in total. The van der Waals surface area contributed by atoms with E-state index < -0.39 is 8.80 Å². The van der Waals surface area contributed by atoms with Gasteiger partial charge in [-0.3, -0.25) is 0 Å². The second-order valence-corrected chi connectivity index (χ2v) is 6.48. The smallest absolute Gasteiger partial charge is 0.381 e. The number of benzene rings is 1. The van der Waals surface area contributed by atoms with Gasteiger partial charge in [-0.15, -0.1) is 0 Å². The molecule has 0 unspecified atom stereocenters. The molecule has 0 saturated heterocycles. The summed E-state index contributed by atoms with van der Waals surface area (Å²) in [6.45, 7) is 2.72. The first kappa shape index (κ1) is 14.2. The molecular formula is C12H21NO3Si. The summed E-state index contributed by atoms with van der Waals surface area (Å²) in [6.07, 6.45) is 1.52. The zero-order chi connectivity index (χ0) is 12.6. The van der Waals surface area contributed by atoms with E-state index in [1.807, 2.05) is 30.3 Å². The molecule has 0 atom stereocenters. The van der Waals surface area contributed by atoms with Crippen molar-refractivity contribution >= 4 is 14.5 Å². The standard InChI is InChI=1S/C12H21NO3Si/c1-4-10-16-17(14-2,15-3)11-13-12-8-6-5-7-9-12/h5-9,13H,4,10-11H2,1-3H3. The minimum Gasteiger partial charge on any atom is -0.381 e. The van der Waals surface area contributed by atoms with Crippen molar-refractivity contribution in [3.8, 4) is 0 Å². The molecule has 0 aliphatic carbocycles. The summed E-state index contributed by atoms with van der Waals surface area (Å²) in [6, 6.07) is 9.96. The third-order valence-corrected chi connectivity index (χ3v) is 4.93. The van der Waals surface area contributed by atoms with Crippen LogP contribution in [0.1, 0.15) is 13.3 Å². The lowest BCUT2D eigenvalue weighted by Crippen LogP contribution is -2.50. The lowest BCUT2D eigenvalue weighted by Gasteiger charge is -2.26. The topological polar surface area (TPSA) is 39.7 Å². The van der Waals surface area contributed by atoms with Gasteiger partial charge in [0.1, 0.15) is 0 Å². The quantitative estimate of drug-likeness (QED) is 0.724. The first-order valence-corrected chi connectivity index (χ1v) is 7.72. The summed E-state index contributed by atoms with van der Waals surface area (Å²) < 4.78 is 16.6. The van der Waals surface area contributed by atoms with E-state index in [0.717, 1.165) is 12.1 Å². The average Bonchev–Trinajstić information content (AvgIpc) is 2.41. The summed E-state index contributed by atoms with van der Waals surface area (Å²) in [5.41, 5.74) is 1.04. The monoisotopic (exact) mass is 255 g/mol. The molecule has 0 aliphatic rings. The Bertz CT molecular complexity index is 304. The molecule has 1 N–H and O–H groups in total. The van der Waals surface area contributed by atoms with Gasteiger partial charge in [0.05, 0.1) is 6.17 Å². The van der Waals surface area contributed by atoms with E-state index in [0.29, 0.717) is 12.8 Å². The number of anilines is 1. The van der Waals surface area contributed by atoms with Gasteiger partial charge in [-0.05, 0) is 18.6 Å². The van der Waals surface area contributed by atoms with Crippen LogP contribution >= 0.6 is 0 Å². The van der Waals surface area contributed by atoms with Gasteiger partial charge in [-0.1, -0.05) is 25.1 Å². The fraction of sp³-hybridized carbons (Fsp3) is 0.500. The summed E-state index contributed by atoms with van der Waals surface area (Å²) in [7, 11) is 0.716. The van der Waals surface area contributed by atoms with Gasteiger partial charge < -0.3 is 18.6 Å². The second-order valence-electron chi connectivity index (χ2n) is 3.66. The van der Waals surface area contributed by atoms with Gasteiger partial charge in [0.25, 0.3) is 0 Å². The first-order valence-electron chi connectivity index (χ1n) is 5.79. The van der Waals surface area contributed by atoms with Crippen molar-refractivity contribution in [2.75, 3.05) is 32.3 Å². The minimum atomic E-state index is -2.56. The Balaban J connectivity index is 2.54. The maximum atomic E-state index is 5.73. The van der Waals surface area contributed by atoms with Crippen LogP contribution in [0.15, 0.2) is 30.3 Å². The van der Waals surface area contributed by atoms with Gasteiger partial charge in [-0.2, -0.15) is 0 Å². The van der Waals surface area contributed by atoms with Crippen molar-refractivity contribution < 1.29 is 13.3 Å². The van der Waals surface area contributed by atoms with E-state index in [4.69, 9.17) is 13.3 Å². The molecular weight excluding hydrogens is 234 g/mol. The van der Waals surface area contributed by atoms with Crippen LogP contribution in [0, 0.1) is 0 Å². The van der Waals surface area contributed by atoms with Crippen LogP contribution in [0.2, 0.25) is 0 Å². The van der Waals surface area contributed by atoms with Crippen LogP contribution < -0.4 is 5.32 Å². The largest absolute Gasteiger partial charge is 0.520 e. The lowest BCUT2D eigenvalue weighted by atomic mass is 10.3. The Morgan fingerprint density at radius 1 is 1.12 bits per heavy atom. The normalized spacial score (nSPS) is 11.5. The van der Waals surface area contributed by atoms with Crippen molar-refractivity contribution in [3.63, 3.8) is 0 Å². The van der Waals surface area contributed by atoms with Crippen molar-refractivity contribution in [2.24, 2.45) is 0 Å². The van der Waals surface area contributed by atoms with Crippen LogP contribution in [0.5, 0.6) is 0 Å². The van der Waals surface area contributed by atoms with E-state index in [2.05, 4.69) is 12.2 Å². The van der Waals surface area contributed by atoms with Crippen LogP contribution in [0.25, 0.3) is 0 Å². The van der Waals surface area contributed by atoms with Crippen LogP contribution in [0.3, 0.4) is 0 Å². The van der Waals surface area contributed by atoms with Crippen molar-refractivity contribution in [1.29, 1.82) is 0 Å². The molecule has 96 valence electrons. The molecule has 0 aromatic heterocycles.